The lowest BCUT2D eigenvalue weighted by atomic mass is 10.1. The molecular formula is C24H31FN2O2. The van der Waals surface area contributed by atoms with Gasteiger partial charge in [0.15, 0.2) is 0 Å². The van der Waals surface area contributed by atoms with E-state index in [1.807, 2.05) is 38.1 Å². The molecule has 0 fully saturated rings. The van der Waals surface area contributed by atoms with E-state index < -0.39 is 6.04 Å². The lowest BCUT2D eigenvalue weighted by Gasteiger charge is -2.31. The molecule has 2 rings (SSSR count). The summed E-state index contributed by atoms with van der Waals surface area (Å²) in [6, 6.07) is 13.3. The first-order valence-corrected chi connectivity index (χ1v) is 10.3. The van der Waals surface area contributed by atoms with E-state index in [-0.39, 0.29) is 30.6 Å². The third kappa shape index (κ3) is 7.00. The second kappa shape index (κ2) is 11.3. The van der Waals surface area contributed by atoms with Crippen molar-refractivity contribution < 1.29 is 14.0 Å². The molecule has 0 radical (unpaired) electrons. The summed E-state index contributed by atoms with van der Waals surface area (Å²) < 4.78 is 13.3. The SMILES string of the molecule is CCCCNC(=O)C(CC)N(Cc1ccc(F)cc1)C(=O)Cc1cccc(C)c1. The summed E-state index contributed by atoms with van der Waals surface area (Å²) in [6.07, 6.45) is 2.63. The zero-order chi connectivity index (χ0) is 21.2. The molecular weight excluding hydrogens is 367 g/mol. The minimum absolute atomic E-state index is 0.114. The minimum atomic E-state index is -0.561. The molecule has 0 aliphatic heterocycles. The molecule has 1 atom stereocenters. The van der Waals surface area contributed by atoms with Crippen molar-refractivity contribution in [1.29, 1.82) is 0 Å². The van der Waals surface area contributed by atoms with Crippen LogP contribution in [0, 0.1) is 12.7 Å². The molecule has 5 heteroatoms. The Hall–Kier alpha value is -2.69. The van der Waals surface area contributed by atoms with Crippen LogP contribution in [-0.4, -0.2) is 29.3 Å². The molecule has 0 saturated carbocycles. The maximum atomic E-state index is 13.3. The van der Waals surface area contributed by atoms with Gasteiger partial charge >= 0.3 is 0 Å². The second-order valence-corrected chi connectivity index (χ2v) is 7.38. The van der Waals surface area contributed by atoms with Crippen LogP contribution in [0.15, 0.2) is 48.5 Å². The molecule has 2 aromatic carbocycles. The summed E-state index contributed by atoms with van der Waals surface area (Å²) in [7, 11) is 0. The fourth-order valence-electron chi connectivity index (χ4n) is 3.31. The molecule has 1 N–H and O–H groups in total. The van der Waals surface area contributed by atoms with Crippen LogP contribution in [0.2, 0.25) is 0 Å². The van der Waals surface area contributed by atoms with Crippen molar-refractivity contribution in [2.75, 3.05) is 6.54 Å². The Labute approximate surface area is 173 Å². The standard InChI is InChI=1S/C24H31FN2O2/c1-4-6-14-26-24(29)22(5-2)27(17-19-10-12-21(25)13-11-19)23(28)16-20-9-7-8-18(3)15-20/h7-13,15,22H,4-6,14,16-17H2,1-3H3,(H,26,29). The first kappa shape index (κ1) is 22.6. The Morgan fingerprint density at radius 3 is 2.41 bits per heavy atom. The van der Waals surface area contributed by atoms with E-state index >= 15 is 0 Å². The van der Waals surface area contributed by atoms with Gasteiger partial charge in [0.1, 0.15) is 11.9 Å². The molecule has 0 saturated heterocycles. The molecule has 0 aromatic heterocycles. The van der Waals surface area contributed by atoms with E-state index in [0.29, 0.717) is 13.0 Å². The lowest BCUT2D eigenvalue weighted by Crippen LogP contribution is -2.49. The van der Waals surface area contributed by atoms with Crippen molar-refractivity contribution in [3.05, 3.63) is 71.0 Å². The number of unbranched alkanes of at least 4 members (excludes halogenated alkanes) is 1. The molecule has 29 heavy (non-hydrogen) atoms. The van der Waals surface area contributed by atoms with E-state index in [9.17, 15) is 14.0 Å². The van der Waals surface area contributed by atoms with E-state index in [4.69, 9.17) is 0 Å². The maximum absolute atomic E-state index is 13.3. The van der Waals surface area contributed by atoms with Crippen molar-refractivity contribution in [3.63, 3.8) is 0 Å². The van der Waals surface area contributed by atoms with Crippen molar-refractivity contribution in [1.82, 2.24) is 10.2 Å². The highest BCUT2D eigenvalue weighted by molar-refractivity contribution is 5.88. The van der Waals surface area contributed by atoms with Crippen molar-refractivity contribution in [3.8, 4) is 0 Å². The Morgan fingerprint density at radius 2 is 1.79 bits per heavy atom. The first-order chi connectivity index (χ1) is 13.9. The lowest BCUT2D eigenvalue weighted by molar-refractivity contribution is -0.140. The van der Waals surface area contributed by atoms with Gasteiger partial charge in [0, 0.05) is 13.1 Å². The average molecular weight is 399 g/mol. The summed E-state index contributed by atoms with van der Waals surface area (Å²) in [5.41, 5.74) is 2.80. The van der Waals surface area contributed by atoms with Crippen molar-refractivity contribution in [2.24, 2.45) is 0 Å². The zero-order valence-corrected chi connectivity index (χ0v) is 17.6. The fraction of sp³-hybridized carbons (Fsp3) is 0.417. The Kier molecular flexibility index (Phi) is 8.84. The van der Waals surface area contributed by atoms with Crippen LogP contribution < -0.4 is 5.32 Å². The van der Waals surface area contributed by atoms with Crippen molar-refractivity contribution >= 4 is 11.8 Å². The Morgan fingerprint density at radius 1 is 1.07 bits per heavy atom. The molecule has 2 amide bonds. The summed E-state index contributed by atoms with van der Waals surface area (Å²) in [5.74, 6) is -0.575. The van der Waals surface area contributed by atoms with Gasteiger partial charge in [-0.2, -0.15) is 0 Å². The molecule has 156 valence electrons. The second-order valence-electron chi connectivity index (χ2n) is 7.38. The Bertz CT molecular complexity index is 805. The highest BCUT2D eigenvalue weighted by atomic mass is 19.1. The molecule has 0 aliphatic carbocycles. The van der Waals surface area contributed by atoms with Gasteiger partial charge in [0.2, 0.25) is 11.8 Å². The topological polar surface area (TPSA) is 49.4 Å². The van der Waals surface area contributed by atoms with Gasteiger partial charge in [0.25, 0.3) is 0 Å². The number of nitrogens with zero attached hydrogens (tertiary/aromatic N) is 1. The van der Waals surface area contributed by atoms with Gasteiger partial charge in [-0.1, -0.05) is 62.2 Å². The van der Waals surface area contributed by atoms with Crippen molar-refractivity contribution in [2.45, 2.75) is 59.0 Å². The Balaban J connectivity index is 2.23. The molecule has 0 aliphatic rings. The number of carbonyl (C=O) groups excluding carboxylic acids is 2. The quantitative estimate of drug-likeness (QED) is 0.603. The number of nitrogens with one attached hydrogen (secondary N) is 1. The van der Waals surface area contributed by atoms with Gasteiger partial charge in [-0.05, 0) is 43.0 Å². The van der Waals surface area contributed by atoms with E-state index in [0.717, 1.165) is 29.5 Å². The largest absolute Gasteiger partial charge is 0.354 e. The number of carbonyl (C=O) groups is 2. The number of rotatable bonds is 10. The zero-order valence-electron chi connectivity index (χ0n) is 17.6. The third-order valence-electron chi connectivity index (χ3n) is 4.92. The van der Waals surface area contributed by atoms with Gasteiger partial charge in [0.05, 0.1) is 6.42 Å². The van der Waals surface area contributed by atoms with Gasteiger partial charge in [-0.3, -0.25) is 9.59 Å². The smallest absolute Gasteiger partial charge is 0.242 e. The number of hydrogen-bond acceptors (Lipinski definition) is 2. The molecule has 0 spiro atoms. The fourth-order valence-corrected chi connectivity index (χ4v) is 3.31. The van der Waals surface area contributed by atoms with Gasteiger partial charge in [-0.15, -0.1) is 0 Å². The molecule has 4 nitrogen and oxygen atoms in total. The van der Waals surface area contributed by atoms with Crippen LogP contribution in [-0.2, 0) is 22.6 Å². The van der Waals surface area contributed by atoms with Crippen LogP contribution in [0.4, 0.5) is 4.39 Å². The van der Waals surface area contributed by atoms with E-state index in [1.54, 1.807) is 17.0 Å². The summed E-state index contributed by atoms with van der Waals surface area (Å²) in [4.78, 5) is 27.6. The predicted octanol–water partition coefficient (Wildman–Crippen LogP) is 4.40. The number of halogens is 1. The summed E-state index contributed by atoms with van der Waals surface area (Å²) in [6.45, 7) is 6.82. The number of aryl methyl sites for hydroxylation is 1. The predicted molar refractivity (Wildman–Crippen MR) is 114 cm³/mol. The van der Waals surface area contributed by atoms with E-state index in [2.05, 4.69) is 12.2 Å². The van der Waals surface area contributed by atoms with Crippen LogP contribution in [0.1, 0.15) is 49.8 Å². The van der Waals surface area contributed by atoms with Crippen LogP contribution >= 0.6 is 0 Å². The first-order valence-electron chi connectivity index (χ1n) is 10.3. The number of hydrogen-bond donors (Lipinski definition) is 1. The molecule has 1 unspecified atom stereocenters. The molecule has 0 heterocycles. The third-order valence-corrected chi connectivity index (χ3v) is 4.92. The van der Waals surface area contributed by atoms with Crippen LogP contribution in [0.5, 0.6) is 0 Å². The number of amides is 2. The number of benzene rings is 2. The monoisotopic (exact) mass is 398 g/mol. The molecule has 0 bridgehead atoms. The van der Waals surface area contributed by atoms with Crippen LogP contribution in [0.3, 0.4) is 0 Å². The van der Waals surface area contributed by atoms with Gasteiger partial charge < -0.3 is 10.2 Å². The summed E-state index contributed by atoms with van der Waals surface area (Å²) >= 11 is 0. The maximum Gasteiger partial charge on any atom is 0.242 e. The highest BCUT2D eigenvalue weighted by Crippen LogP contribution is 2.16. The average Bonchev–Trinajstić information content (AvgIpc) is 2.69. The summed E-state index contributed by atoms with van der Waals surface area (Å²) in [5, 5.41) is 2.94. The van der Waals surface area contributed by atoms with Gasteiger partial charge in [-0.25, -0.2) is 4.39 Å². The van der Waals surface area contributed by atoms with E-state index in [1.165, 1.54) is 12.1 Å². The molecule has 2 aromatic rings. The normalized spacial score (nSPS) is 11.7. The minimum Gasteiger partial charge on any atom is -0.354 e. The highest BCUT2D eigenvalue weighted by Gasteiger charge is 2.28. The van der Waals surface area contributed by atoms with Crippen LogP contribution in [0.25, 0.3) is 0 Å².